The maximum Gasteiger partial charge on any atom is 0.264 e. The summed E-state index contributed by atoms with van der Waals surface area (Å²) in [6, 6.07) is 5.61. The quantitative estimate of drug-likeness (QED) is 0.819. The molecule has 1 N–H and O–H groups in total. The molecule has 0 radical (unpaired) electrons. The van der Waals surface area contributed by atoms with Crippen molar-refractivity contribution in [2.45, 2.75) is 19.4 Å². The lowest BCUT2D eigenvalue weighted by Gasteiger charge is -2.27. The lowest BCUT2D eigenvalue weighted by Crippen LogP contribution is -2.40. The highest BCUT2D eigenvalue weighted by Gasteiger charge is 2.21. The van der Waals surface area contributed by atoms with Gasteiger partial charge in [0.15, 0.2) is 0 Å². The summed E-state index contributed by atoms with van der Waals surface area (Å²) in [5.74, 6) is -0.389. The first-order valence-electron chi connectivity index (χ1n) is 8.43. The Balaban J connectivity index is 1.38. The van der Waals surface area contributed by atoms with Crippen LogP contribution in [0, 0.1) is 0 Å². The minimum absolute atomic E-state index is 0.0209. The molecule has 2 aromatic heterocycles. The first-order chi connectivity index (χ1) is 12.5. The highest BCUT2D eigenvalue weighted by atomic mass is 32.1. The molecule has 0 saturated carbocycles. The Morgan fingerprint density at radius 1 is 1.23 bits per heavy atom. The number of nitrogens with zero attached hydrogens (tertiary/aromatic N) is 2. The summed E-state index contributed by atoms with van der Waals surface area (Å²) in [6.07, 6.45) is 1.18. The Morgan fingerprint density at radius 3 is 2.85 bits per heavy atom. The molecule has 0 aromatic carbocycles. The summed E-state index contributed by atoms with van der Waals surface area (Å²) < 4.78 is 0. The smallest absolute Gasteiger partial charge is 0.264 e. The van der Waals surface area contributed by atoms with Crippen LogP contribution in [-0.4, -0.2) is 54.2 Å². The van der Waals surface area contributed by atoms with E-state index in [1.165, 1.54) is 26.7 Å². The number of nitrogens with one attached hydrogen (secondary N) is 1. The second-order valence-corrected chi connectivity index (χ2v) is 8.12. The fraction of sp³-hybridized carbons (Fsp3) is 0.389. The molecule has 0 atom stereocenters. The van der Waals surface area contributed by atoms with E-state index in [0.717, 1.165) is 13.0 Å². The van der Waals surface area contributed by atoms with Crippen molar-refractivity contribution in [2.24, 2.45) is 0 Å². The summed E-state index contributed by atoms with van der Waals surface area (Å²) in [7, 11) is 1.60. The highest BCUT2D eigenvalue weighted by Crippen LogP contribution is 2.24. The van der Waals surface area contributed by atoms with Crippen molar-refractivity contribution < 1.29 is 14.4 Å². The van der Waals surface area contributed by atoms with Crippen LogP contribution in [-0.2, 0) is 22.6 Å². The molecule has 138 valence electrons. The van der Waals surface area contributed by atoms with Gasteiger partial charge in [-0.15, -0.1) is 22.7 Å². The first-order valence-corrected chi connectivity index (χ1v) is 10.2. The number of rotatable bonds is 6. The monoisotopic (exact) mass is 391 g/mol. The van der Waals surface area contributed by atoms with Crippen LogP contribution in [0.4, 0.5) is 0 Å². The molecule has 0 fully saturated rings. The molecule has 2 aromatic rings. The minimum Gasteiger partial charge on any atom is -0.354 e. The third kappa shape index (κ3) is 4.50. The molecule has 8 heteroatoms. The molecule has 1 aliphatic heterocycles. The van der Waals surface area contributed by atoms with E-state index in [1.54, 1.807) is 30.5 Å². The zero-order valence-corrected chi connectivity index (χ0v) is 16.2. The van der Waals surface area contributed by atoms with E-state index < -0.39 is 0 Å². The fourth-order valence-corrected chi connectivity index (χ4v) is 4.47. The van der Waals surface area contributed by atoms with Crippen molar-refractivity contribution >= 4 is 40.4 Å². The van der Waals surface area contributed by atoms with Gasteiger partial charge in [0.25, 0.3) is 5.91 Å². The predicted octanol–water partition coefficient (Wildman–Crippen LogP) is 1.97. The number of carbonyl (C=O) groups excluding carboxylic acids is 3. The average Bonchev–Trinajstić information content (AvgIpc) is 3.31. The lowest BCUT2D eigenvalue weighted by atomic mass is 10.1. The molecule has 26 heavy (non-hydrogen) atoms. The van der Waals surface area contributed by atoms with E-state index in [-0.39, 0.29) is 37.2 Å². The van der Waals surface area contributed by atoms with Crippen LogP contribution >= 0.6 is 22.7 Å². The van der Waals surface area contributed by atoms with Gasteiger partial charge in [-0.25, -0.2) is 0 Å². The van der Waals surface area contributed by atoms with Gasteiger partial charge < -0.3 is 15.1 Å². The summed E-state index contributed by atoms with van der Waals surface area (Å²) in [4.78, 5) is 41.6. The van der Waals surface area contributed by atoms with Gasteiger partial charge in [0.05, 0.1) is 11.4 Å². The number of likely N-dealkylation sites (N-methyl/N-ethyl adjacent to an activating group) is 1. The summed E-state index contributed by atoms with van der Waals surface area (Å²) >= 11 is 3.09. The molecule has 6 nitrogen and oxygen atoms in total. The zero-order valence-electron chi connectivity index (χ0n) is 14.6. The van der Waals surface area contributed by atoms with Gasteiger partial charge in [-0.1, -0.05) is 6.07 Å². The van der Waals surface area contributed by atoms with Gasteiger partial charge in [0, 0.05) is 38.0 Å². The Bertz CT molecular complexity index is 785. The number of amides is 3. The molecule has 0 spiro atoms. The van der Waals surface area contributed by atoms with Gasteiger partial charge in [-0.2, -0.15) is 0 Å². The van der Waals surface area contributed by atoms with Gasteiger partial charge in [0.1, 0.15) is 0 Å². The molecular weight excluding hydrogens is 370 g/mol. The fourth-order valence-electron chi connectivity index (χ4n) is 2.86. The van der Waals surface area contributed by atoms with Crippen LogP contribution in [0.15, 0.2) is 29.0 Å². The zero-order chi connectivity index (χ0) is 18.5. The molecule has 3 amide bonds. The topological polar surface area (TPSA) is 69.7 Å². The highest BCUT2D eigenvalue weighted by molar-refractivity contribution is 7.12. The van der Waals surface area contributed by atoms with Crippen LogP contribution < -0.4 is 5.32 Å². The molecule has 0 aliphatic carbocycles. The second kappa shape index (κ2) is 8.46. The van der Waals surface area contributed by atoms with Crippen LogP contribution in [0.3, 0.4) is 0 Å². The van der Waals surface area contributed by atoms with Crippen LogP contribution in [0.5, 0.6) is 0 Å². The summed E-state index contributed by atoms with van der Waals surface area (Å²) in [5, 5.41) is 6.61. The van der Waals surface area contributed by atoms with E-state index in [4.69, 9.17) is 0 Å². The van der Waals surface area contributed by atoms with E-state index in [0.29, 0.717) is 11.4 Å². The van der Waals surface area contributed by atoms with E-state index in [1.807, 2.05) is 10.3 Å². The van der Waals surface area contributed by atoms with Crippen molar-refractivity contribution in [1.29, 1.82) is 0 Å². The van der Waals surface area contributed by atoms with Crippen LogP contribution in [0.25, 0.3) is 0 Å². The lowest BCUT2D eigenvalue weighted by molar-refractivity contribution is -0.132. The van der Waals surface area contributed by atoms with Gasteiger partial charge >= 0.3 is 0 Å². The molecular formula is C18H21N3O3S2. The summed E-state index contributed by atoms with van der Waals surface area (Å²) in [5.41, 5.74) is 1.23. The second-order valence-electron chi connectivity index (χ2n) is 6.17. The number of fused-ring (bicyclic) bond motifs is 1. The SMILES string of the molecule is CN(CC(=O)NCCC(=O)N1CCc2sccc2C1)C(=O)c1cccs1. The van der Waals surface area contributed by atoms with Crippen molar-refractivity contribution in [3.05, 3.63) is 44.3 Å². The number of thiophene rings is 2. The maximum atomic E-state index is 12.3. The van der Waals surface area contributed by atoms with E-state index in [2.05, 4.69) is 16.8 Å². The molecule has 1 aliphatic rings. The van der Waals surface area contributed by atoms with Crippen molar-refractivity contribution in [2.75, 3.05) is 26.7 Å². The van der Waals surface area contributed by atoms with Crippen LogP contribution in [0.1, 0.15) is 26.5 Å². The van der Waals surface area contributed by atoms with Crippen molar-refractivity contribution in [3.8, 4) is 0 Å². The Labute approximate surface area is 160 Å². The van der Waals surface area contributed by atoms with Crippen molar-refractivity contribution in [1.82, 2.24) is 15.1 Å². The summed E-state index contributed by atoms with van der Waals surface area (Å²) in [6.45, 7) is 1.65. The molecule has 3 heterocycles. The third-order valence-corrected chi connectivity index (χ3v) is 6.16. The number of hydrogen-bond acceptors (Lipinski definition) is 5. The molecule has 0 saturated heterocycles. The maximum absolute atomic E-state index is 12.3. The van der Waals surface area contributed by atoms with Gasteiger partial charge in [0.2, 0.25) is 11.8 Å². The Kier molecular flexibility index (Phi) is 6.05. The normalized spacial score (nSPS) is 13.2. The molecule has 3 rings (SSSR count). The molecule has 0 unspecified atom stereocenters. The Hall–Kier alpha value is -2.19. The molecule has 0 bridgehead atoms. The number of hydrogen-bond donors (Lipinski definition) is 1. The standard InChI is InChI=1S/C18H21N3O3S2/c1-20(18(24)15-3-2-9-25-15)12-16(22)19-7-4-17(23)21-8-5-14-13(11-21)6-10-26-14/h2-3,6,9-10H,4-5,7-8,11-12H2,1H3,(H,19,22). The number of carbonyl (C=O) groups is 3. The van der Waals surface area contributed by atoms with E-state index >= 15 is 0 Å². The average molecular weight is 392 g/mol. The Morgan fingerprint density at radius 2 is 2.08 bits per heavy atom. The predicted molar refractivity (Wildman–Crippen MR) is 102 cm³/mol. The van der Waals surface area contributed by atoms with Gasteiger partial charge in [-0.05, 0) is 34.9 Å². The van der Waals surface area contributed by atoms with Crippen molar-refractivity contribution in [3.63, 3.8) is 0 Å². The van der Waals surface area contributed by atoms with E-state index in [9.17, 15) is 14.4 Å². The van der Waals surface area contributed by atoms with Gasteiger partial charge in [-0.3, -0.25) is 14.4 Å². The minimum atomic E-state index is -0.260. The first kappa shape index (κ1) is 18.6. The largest absolute Gasteiger partial charge is 0.354 e. The van der Waals surface area contributed by atoms with Crippen LogP contribution in [0.2, 0.25) is 0 Å². The third-order valence-electron chi connectivity index (χ3n) is 4.28.